The number of nitrogens with zero attached hydrogens (tertiary/aromatic N) is 1. The summed E-state index contributed by atoms with van der Waals surface area (Å²) in [6.07, 6.45) is 5.38. The third kappa shape index (κ3) is 4.87. The Morgan fingerprint density at radius 3 is 2.75 bits per heavy atom. The number of thiophene rings is 1. The fourth-order valence-corrected chi connectivity index (χ4v) is 3.77. The molecule has 114 valence electrons. The lowest BCUT2D eigenvalue weighted by molar-refractivity contribution is 0.137. The van der Waals surface area contributed by atoms with Crippen molar-refractivity contribution in [1.29, 1.82) is 0 Å². The number of hydrogen-bond donors (Lipinski definition) is 1. The summed E-state index contributed by atoms with van der Waals surface area (Å²) in [5.74, 6) is 0. The monoisotopic (exact) mass is 294 g/mol. The van der Waals surface area contributed by atoms with Crippen LogP contribution in [0.5, 0.6) is 0 Å². The van der Waals surface area contributed by atoms with Crippen molar-refractivity contribution in [3.05, 3.63) is 22.4 Å². The molecule has 0 bridgehead atoms. The van der Waals surface area contributed by atoms with E-state index in [1.165, 1.54) is 37.8 Å². The summed E-state index contributed by atoms with van der Waals surface area (Å²) in [5, 5.41) is 8.07. The maximum Gasteiger partial charge on any atom is 0.0245 e. The molecule has 1 N–H and O–H groups in total. The Kier molecular flexibility index (Phi) is 6.06. The van der Waals surface area contributed by atoms with Gasteiger partial charge in [0.1, 0.15) is 0 Å². The SMILES string of the molecule is CCCC(C)(CNCC)CN(Cc1ccsc1)C1CC1. The molecule has 2 nitrogen and oxygen atoms in total. The molecule has 1 heterocycles. The Hall–Kier alpha value is -0.380. The third-order valence-electron chi connectivity index (χ3n) is 4.27. The Balaban J connectivity index is 1.96. The first-order valence-electron chi connectivity index (χ1n) is 8.12. The molecule has 1 unspecified atom stereocenters. The Morgan fingerprint density at radius 1 is 1.40 bits per heavy atom. The fraction of sp³-hybridized carbons (Fsp3) is 0.765. The molecule has 0 saturated heterocycles. The van der Waals surface area contributed by atoms with Crippen LogP contribution in [0.2, 0.25) is 0 Å². The highest BCUT2D eigenvalue weighted by atomic mass is 32.1. The molecular weight excluding hydrogens is 264 g/mol. The van der Waals surface area contributed by atoms with Crippen molar-refractivity contribution in [3.63, 3.8) is 0 Å². The van der Waals surface area contributed by atoms with E-state index in [2.05, 4.69) is 47.8 Å². The zero-order valence-corrected chi connectivity index (χ0v) is 14.1. The third-order valence-corrected chi connectivity index (χ3v) is 5.00. The van der Waals surface area contributed by atoms with Crippen molar-refractivity contribution in [1.82, 2.24) is 10.2 Å². The van der Waals surface area contributed by atoms with Gasteiger partial charge in [-0.1, -0.05) is 27.2 Å². The van der Waals surface area contributed by atoms with Crippen LogP contribution in [0.3, 0.4) is 0 Å². The van der Waals surface area contributed by atoms with Crippen LogP contribution in [0.15, 0.2) is 16.8 Å². The van der Waals surface area contributed by atoms with E-state index in [-0.39, 0.29) is 0 Å². The van der Waals surface area contributed by atoms with Gasteiger partial charge in [-0.15, -0.1) is 0 Å². The average Bonchev–Trinajstić information content (AvgIpc) is 3.15. The van der Waals surface area contributed by atoms with Crippen LogP contribution in [-0.2, 0) is 6.54 Å². The van der Waals surface area contributed by atoms with Crippen LogP contribution < -0.4 is 5.32 Å². The minimum atomic E-state index is 0.406. The van der Waals surface area contributed by atoms with E-state index in [0.717, 1.165) is 25.7 Å². The summed E-state index contributed by atoms with van der Waals surface area (Å²) < 4.78 is 0. The van der Waals surface area contributed by atoms with E-state index >= 15 is 0 Å². The molecule has 3 heteroatoms. The molecule has 2 rings (SSSR count). The molecule has 1 fully saturated rings. The second kappa shape index (κ2) is 7.58. The predicted octanol–water partition coefficient (Wildman–Crippen LogP) is 4.13. The highest BCUT2D eigenvalue weighted by Crippen LogP contribution is 2.33. The summed E-state index contributed by atoms with van der Waals surface area (Å²) in [5.41, 5.74) is 1.90. The van der Waals surface area contributed by atoms with Crippen LogP contribution in [0.25, 0.3) is 0 Å². The molecule has 1 aromatic rings. The number of hydrogen-bond acceptors (Lipinski definition) is 3. The summed E-state index contributed by atoms with van der Waals surface area (Å²) >= 11 is 1.82. The number of rotatable bonds is 10. The standard InChI is InChI=1S/C17H30N2S/c1-4-9-17(3,13-18-5-2)14-19(16-6-7-16)11-15-8-10-20-12-15/h8,10,12,16,18H,4-7,9,11,13-14H2,1-3H3. The first-order chi connectivity index (χ1) is 9.67. The van der Waals surface area contributed by atoms with Gasteiger partial charge < -0.3 is 5.32 Å². The fourth-order valence-electron chi connectivity index (χ4n) is 3.11. The van der Waals surface area contributed by atoms with Gasteiger partial charge in [-0.2, -0.15) is 11.3 Å². The van der Waals surface area contributed by atoms with Gasteiger partial charge in [0.2, 0.25) is 0 Å². The van der Waals surface area contributed by atoms with Crippen molar-refractivity contribution in [3.8, 4) is 0 Å². The quantitative estimate of drug-likeness (QED) is 0.698. The Morgan fingerprint density at radius 2 is 2.20 bits per heavy atom. The van der Waals surface area contributed by atoms with Crippen LogP contribution >= 0.6 is 11.3 Å². The topological polar surface area (TPSA) is 15.3 Å². The van der Waals surface area contributed by atoms with E-state index in [1.807, 2.05) is 11.3 Å². The Labute approximate surface area is 128 Å². The molecule has 0 radical (unpaired) electrons. The summed E-state index contributed by atoms with van der Waals surface area (Å²) in [7, 11) is 0. The van der Waals surface area contributed by atoms with Gasteiger partial charge in [-0.25, -0.2) is 0 Å². The highest BCUT2D eigenvalue weighted by molar-refractivity contribution is 7.07. The zero-order chi connectivity index (χ0) is 14.4. The van der Waals surface area contributed by atoms with E-state index in [1.54, 1.807) is 0 Å². The molecule has 1 saturated carbocycles. The maximum absolute atomic E-state index is 3.57. The second-order valence-corrected chi connectivity index (χ2v) is 7.39. The lowest BCUT2D eigenvalue weighted by Crippen LogP contribution is -2.43. The van der Waals surface area contributed by atoms with Crippen molar-refractivity contribution >= 4 is 11.3 Å². The first-order valence-corrected chi connectivity index (χ1v) is 9.07. The summed E-state index contributed by atoms with van der Waals surface area (Å²) in [6, 6.07) is 3.12. The maximum atomic E-state index is 3.57. The smallest absolute Gasteiger partial charge is 0.0245 e. The Bertz CT molecular complexity index is 372. The lowest BCUT2D eigenvalue weighted by atomic mass is 9.84. The molecule has 1 atom stereocenters. The van der Waals surface area contributed by atoms with Gasteiger partial charge in [0.25, 0.3) is 0 Å². The van der Waals surface area contributed by atoms with Gasteiger partial charge in [0.15, 0.2) is 0 Å². The molecule has 0 aromatic carbocycles. The van der Waals surface area contributed by atoms with E-state index in [0.29, 0.717) is 5.41 Å². The van der Waals surface area contributed by atoms with Gasteiger partial charge in [-0.3, -0.25) is 4.90 Å². The normalized spacial score (nSPS) is 18.4. The molecular formula is C17H30N2S. The van der Waals surface area contributed by atoms with Gasteiger partial charge in [-0.05, 0) is 53.6 Å². The van der Waals surface area contributed by atoms with Crippen molar-refractivity contribution < 1.29 is 0 Å². The average molecular weight is 295 g/mol. The molecule has 0 spiro atoms. The van der Waals surface area contributed by atoms with Crippen molar-refractivity contribution in [2.45, 2.75) is 59.0 Å². The zero-order valence-electron chi connectivity index (χ0n) is 13.3. The predicted molar refractivity (Wildman–Crippen MR) is 89.3 cm³/mol. The van der Waals surface area contributed by atoms with E-state index in [9.17, 15) is 0 Å². The van der Waals surface area contributed by atoms with Crippen LogP contribution in [0.4, 0.5) is 0 Å². The second-order valence-electron chi connectivity index (χ2n) is 6.61. The van der Waals surface area contributed by atoms with Gasteiger partial charge in [0, 0.05) is 25.7 Å². The van der Waals surface area contributed by atoms with Crippen LogP contribution in [0.1, 0.15) is 52.0 Å². The van der Waals surface area contributed by atoms with Crippen molar-refractivity contribution in [2.75, 3.05) is 19.6 Å². The van der Waals surface area contributed by atoms with Crippen LogP contribution in [0, 0.1) is 5.41 Å². The molecule has 1 aromatic heterocycles. The summed E-state index contributed by atoms with van der Waals surface area (Å²) in [6.45, 7) is 11.6. The number of nitrogens with one attached hydrogen (secondary N) is 1. The molecule has 0 amide bonds. The van der Waals surface area contributed by atoms with Crippen molar-refractivity contribution in [2.24, 2.45) is 5.41 Å². The molecule has 20 heavy (non-hydrogen) atoms. The van der Waals surface area contributed by atoms with Gasteiger partial charge >= 0.3 is 0 Å². The lowest BCUT2D eigenvalue weighted by Gasteiger charge is -2.36. The highest BCUT2D eigenvalue weighted by Gasteiger charge is 2.34. The van der Waals surface area contributed by atoms with E-state index < -0.39 is 0 Å². The molecule has 1 aliphatic rings. The molecule has 1 aliphatic carbocycles. The molecule has 0 aliphatic heterocycles. The van der Waals surface area contributed by atoms with Crippen LogP contribution in [-0.4, -0.2) is 30.6 Å². The minimum absolute atomic E-state index is 0.406. The first kappa shape index (κ1) is 16.0. The van der Waals surface area contributed by atoms with E-state index in [4.69, 9.17) is 0 Å². The van der Waals surface area contributed by atoms with Gasteiger partial charge in [0.05, 0.1) is 0 Å². The summed E-state index contributed by atoms with van der Waals surface area (Å²) in [4.78, 5) is 2.73. The largest absolute Gasteiger partial charge is 0.316 e. The minimum Gasteiger partial charge on any atom is -0.316 e.